The van der Waals surface area contributed by atoms with Gasteiger partial charge >= 0.3 is 0 Å². The van der Waals surface area contributed by atoms with Crippen molar-refractivity contribution in [3.8, 4) is 0 Å². The molecule has 216 valence electrons. The molecule has 1 aromatic carbocycles. The molecule has 2 N–H and O–H groups in total. The fourth-order valence-electron chi connectivity index (χ4n) is 5.09. The molecular weight excluding hydrogens is 562 g/mol. The van der Waals surface area contributed by atoms with Gasteiger partial charge in [0.25, 0.3) is 18.2 Å². The first-order valence-electron chi connectivity index (χ1n) is 13.7. The third-order valence-electron chi connectivity index (χ3n) is 7.73. The average molecular weight is 595 g/mol. The summed E-state index contributed by atoms with van der Waals surface area (Å²) in [7, 11) is 0. The Hall–Kier alpha value is -2.60. The van der Waals surface area contributed by atoms with Gasteiger partial charge in [0.15, 0.2) is 0 Å². The van der Waals surface area contributed by atoms with Crippen molar-refractivity contribution in [3.05, 3.63) is 45.1 Å². The smallest absolute Gasteiger partial charge is 0.265 e. The number of halogens is 3. The first-order valence-corrected chi connectivity index (χ1v) is 14.9. The second-order valence-corrected chi connectivity index (χ2v) is 12.4. The summed E-state index contributed by atoms with van der Waals surface area (Å²) in [6, 6.07) is 6.74. The number of anilines is 2. The molecule has 0 radical (unpaired) electrons. The summed E-state index contributed by atoms with van der Waals surface area (Å²) < 4.78 is 34.0. The first-order chi connectivity index (χ1) is 19.3. The molecule has 3 fully saturated rings. The highest BCUT2D eigenvalue weighted by Gasteiger charge is 2.35. The van der Waals surface area contributed by atoms with E-state index in [1.807, 2.05) is 0 Å². The van der Waals surface area contributed by atoms with E-state index in [0.717, 1.165) is 56.5 Å². The van der Waals surface area contributed by atoms with Crippen molar-refractivity contribution in [2.24, 2.45) is 11.8 Å². The van der Waals surface area contributed by atoms with Crippen molar-refractivity contribution in [2.45, 2.75) is 44.6 Å². The Labute approximate surface area is 241 Å². The molecule has 12 heteroatoms. The zero-order valence-corrected chi connectivity index (χ0v) is 23.6. The van der Waals surface area contributed by atoms with Gasteiger partial charge in [-0.25, -0.2) is 8.78 Å². The molecule has 2 aliphatic carbocycles. The number of carbonyl (C=O) groups is 3. The van der Waals surface area contributed by atoms with E-state index in [0.29, 0.717) is 33.3 Å². The largest absolute Gasteiger partial charge is 0.370 e. The molecular formula is C28H33ClF2N4O4S. The zero-order chi connectivity index (χ0) is 28.2. The number of amides is 3. The number of alkyl halides is 2. The van der Waals surface area contributed by atoms with Crippen LogP contribution in [0, 0.1) is 11.8 Å². The monoisotopic (exact) mass is 594 g/mol. The molecule has 2 aromatic rings. The van der Waals surface area contributed by atoms with Gasteiger partial charge in [-0.1, -0.05) is 18.0 Å². The van der Waals surface area contributed by atoms with Gasteiger partial charge in [0.05, 0.1) is 15.8 Å². The third-order valence-corrected chi connectivity index (χ3v) is 8.96. The third kappa shape index (κ3) is 7.18. The Morgan fingerprint density at radius 1 is 1.12 bits per heavy atom. The number of hydrogen-bond donors (Lipinski definition) is 2. The molecule has 0 spiro atoms. The van der Waals surface area contributed by atoms with Crippen LogP contribution in [0.5, 0.6) is 0 Å². The van der Waals surface area contributed by atoms with Gasteiger partial charge in [0, 0.05) is 43.1 Å². The van der Waals surface area contributed by atoms with Crippen LogP contribution in [0.3, 0.4) is 0 Å². The maximum atomic E-state index is 14.2. The van der Waals surface area contributed by atoms with Crippen molar-refractivity contribution in [2.75, 3.05) is 49.6 Å². The summed E-state index contributed by atoms with van der Waals surface area (Å²) in [6.07, 6.45) is 2.65. The van der Waals surface area contributed by atoms with Crippen LogP contribution in [0.1, 0.15) is 53.8 Å². The molecule has 8 nitrogen and oxygen atoms in total. The number of rotatable bonds is 12. The Kier molecular flexibility index (Phi) is 9.34. The number of morpholine rings is 1. The minimum Gasteiger partial charge on any atom is -0.370 e. The van der Waals surface area contributed by atoms with Gasteiger partial charge in [-0.2, -0.15) is 0 Å². The Morgan fingerprint density at radius 2 is 1.88 bits per heavy atom. The van der Waals surface area contributed by atoms with Crippen LogP contribution < -0.4 is 15.5 Å². The van der Waals surface area contributed by atoms with Crippen molar-refractivity contribution >= 4 is 52.0 Å². The van der Waals surface area contributed by atoms with Gasteiger partial charge in [-0.05, 0) is 67.9 Å². The summed E-state index contributed by atoms with van der Waals surface area (Å²) in [5.41, 5.74) is -0.0462. The van der Waals surface area contributed by atoms with Gasteiger partial charge in [0.1, 0.15) is 12.6 Å². The lowest BCUT2D eigenvalue weighted by molar-refractivity contribution is -0.125. The molecule has 3 aliphatic rings. The van der Waals surface area contributed by atoms with Gasteiger partial charge in [0.2, 0.25) is 5.91 Å². The maximum absolute atomic E-state index is 14.2. The highest BCUT2D eigenvalue weighted by atomic mass is 35.5. The molecule has 40 heavy (non-hydrogen) atoms. The van der Waals surface area contributed by atoms with E-state index in [9.17, 15) is 23.2 Å². The lowest BCUT2D eigenvalue weighted by Gasteiger charge is -2.37. The van der Waals surface area contributed by atoms with Crippen molar-refractivity contribution in [1.29, 1.82) is 0 Å². The highest BCUT2D eigenvalue weighted by molar-refractivity contribution is 7.18. The van der Waals surface area contributed by atoms with Crippen LogP contribution in [0.15, 0.2) is 30.3 Å². The van der Waals surface area contributed by atoms with E-state index in [2.05, 4.69) is 15.5 Å². The summed E-state index contributed by atoms with van der Waals surface area (Å²) >= 11 is 7.14. The lowest BCUT2D eigenvalue weighted by Crippen LogP contribution is -2.53. The zero-order valence-electron chi connectivity index (χ0n) is 22.0. The van der Waals surface area contributed by atoms with E-state index in [1.54, 1.807) is 18.2 Å². The molecule has 1 saturated heterocycles. The predicted octanol–water partition coefficient (Wildman–Crippen LogP) is 4.95. The van der Waals surface area contributed by atoms with Crippen LogP contribution >= 0.6 is 22.9 Å². The summed E-state index contributed by atoms with van der Waals surface area (Å²) in [6.45, 7) is 1.94. The predicted molar refractivity (Wildman–Crippen MR) is 150 cm³/mol. The van der Waals surface area contributed by atoms with E-state index in [4.69, 9.17) is 16.3 Å². The molecule has 2 heterocycles. The standard InChI is InChI=1S/C28H33ClF2N4O4S/c29-24-9-8-23(40-24)28(38)32-13-22(34(15-18-4-5-18)14-17-2-1-3-17)27(37)33-21-7-6-19(12-20(21)26(30)31)35-10-11-39-16-25(35)36/h6-9,12,17-18,22,26H,1-5,10-11,13-16H2,(H,32,38)(H,33,37)/t22-/m1/s1. The minimum atomic E-state index is -2.87. The number of hydrogen-bond acceptors (Lipinski definition) is 6. The quantitative estimate of drug-likeness (QED) is 0.363. The van der Waals surface area contributed by atoms with Crippen LogP contribution in [0.2, 0.25) is 4.34 Å². The topological polar surface area (TPSA) is 91.0 Å². The van der Waals surface area contributed by atoms with Gasteiger partial charge in [-0.15, -0.1) is 11.3 Å². The molecule has 2 saturated carbocycles. The Balaban J connectivity index is 1.36. The SMILES string of the molecule is O=C(NC[C@H](C(=O)Nc1ccc(N2CCOCC2=O)cc1C(F)F)N(CC1CCC1)CC1CC1)c1ccc(Cl)s1. The number of carbonyl (C=O) groups excluding carboxylic acids is 3. The van der Waals surface area contributed by atoms with Gasteiger partial charge < -0.3 is 20.3 Å². The molecule has 1 aromatic heterocycles. The molecule has 5 rings (SSSR count). The van der Waals surface area contributed by atoms with Crippen LogP contribution in [-0.2, 0) is 14.3 Å². The Bertz CT molecular complexity index is 1240. The lowest BCUT2D eigenvalue weighted by atomic mass is 9.84. The second kappa shape index (κ2) is 12.9. The number of nitrogens with zero attached hydrogens (tertiary/aromatic N) is 2. The fourth-order valence-corrected chi connectivity index (χ4v) is 6.05. The van der Waals surface area contributed by atoms with Crippen LogP contribution in [0.25, 0.3) is 0 Å². The minimum absolute atomic E-state index is 0.0131. The van der Waals surface area contributed by atoms with E-state index < -0.39 is 18.4 Å². The molecule has 1 aliphatic heterocycles. The van der Waals surface area contributed by atoms with E-state index >= 15 is 0 Å². The highest BCUT2D eigenvalue weighted by Crippen LogP contribution is 2.35. The second-order valence-electron chi connectivity index (χ2n) is 10.7. The van der Waals surface area contributed by atoms with Crippen LogP contribution in [-0.4, -0.2) is 68.1 Å². The Morgan fingerprint density at radius 3 is 2.48 bits per heavy atom. The van der Waals surface area contributed by atoms with Crippen LogP contribution in [0.4, 0.5) is 20.2 Å². The summed E-state index contributed by atoms with van der Waals surface area (Å²) in [4.78, 5) is 42.8. The van der Waals surface area contributed by atoms with E-state index in [-0.39, 0.29) is 42.8 Å². The fraction of sp³-hybridized carbons (Fsp3) is 0.536. The van der Waals surface area contributed by atoms with E-state index in [1.165, 1.54) is 17.0 Å². The average Bonchev–Trinajstić information content (AvgIpc) is 3.62. The number of nitrogens with one attached hydrogen (secondary N) is 2. The first kappa shape index (κ1) is 28.9. The number of ether oxygens (including phenoxy) is 1. The summed E-state index contributed by atoms with van der Waals surface area (Å²) in [5.74, 6) is -0.135. The number of benzene rings is 1. The summed E-state index contributed by atoms with van der Waals surface area (Å²) in [5, 5.41) is 5.59. The maximum Gasteiger partial charge on any atom is 0.265 e. The molecule has 3 amide bonds. The molecule has 1 atom stereocenters. The molecule has 0 bridgehead atoms. The van der Waals surface area contributed by atoms with Crippen molar-refractivity contribution in [3.63, 3.8) is 0 Å². The van der Waals surface area contributed by atoms with Gasteiger partial charge in [-0.3, -0.25) is 19.3 Å². The van der Waals surface area contributed by atoms with Crippen molar-refractivity contribution in [1.82, 2.24) is 10.2 Å². The van der Waals surface area contributed by atoms with Crippen molar-refractivity contribution < 1.29 is 27.9 Å². The normalized spacial score (nSPS) is 18.6. The number of thiophene rings is 1. The molecule has 0 unspecified atom stereocenters.